The zero-order chi connectivity index (χ0) is 15.2. The van der Waals surface area contributed by atoms with Crippen molar-refractivity contribution in [3.63, 3.8) is 0 Å². The van der Waals surface area contributed by atoms with Gasteiger partial charge >= 0.3 is 133 Å². The molecule has 0 spiro atoms. The van der Waals surface area contributed by atoms with Gasteiger partial charge in [0.2, 0.25) is 0 Å². The van der Waals surface area contributed by atoms with Crippen LogP contribution >= 0.6 is 0 Å². The third-order valence-corrected chi connectivity index (χ3v) is 21.9. The molecule has 0 bridgehead atoms. The van der Waals surface area contributed by atoms with Crippen molar-refractivity contribution in [1.82, 2.24) is 6.24 Å². The Labute approximate surface area is 132 Å². The van der Waals surface area contributed by atoms with Gasteiger partial charge in [-0.2, -0.15) is 0 Å². The molecule has 1 aliphatic heterocycles. The predicted molar refractivity (Wildman–Crippen MR) is 93.5 cm³/mol. The Hall–Kier alpha value is 0.719. The molecule has 0 amide bonds. The number of nitrogens with zero attached hydrogens (tertiary/aromatic N) is 2. The molecule has 0 unspecified atom stereocenters. The van der Waals surface area contributed by atoms with Gasteiger partial charge in [-0.1, -0.05) is 0 Å². The van der Waals surface area contributed by atoms with Crippen molar-refractivity contribution in [3.8, 4) is 0 Å². The summed E-state index contributed by atoms with van der Waals surface area (Å²) in [7, 11) is 0. The van der Waals surface area contributed by atoms with Gasteiger partial charge in [0.1, 0.15) is 0 Å². The van der Waals surface area contributed by atoms with E-state index in [1.165, 1.54) is 45.2 Å². The Morgan fingerprint density at radius 3 is 1.50 bits per heavy atom. The summed E-state index contributed by atoms with van der Waals surface area (Å²) >= 11 is -2.35. The Morgan fingerprint density at radius 2 is 1.20 bits per heavy atom. The number of hydrogen-bond donors (Lipinski definition) is 0. The first-order valence-electron chi connectivity index (χ1n) is 9.03. The van der Waals surface area contributed by atoms with Crippen molar-refractivity contribution in [3.05, 3.63) is 0 Å². The second kappa shape index (κ2) is 8.99. The molecule has 0 N–H and O–H groups in total. The number of unbranched alkanes of at least 4 members (excludes halogenated alkanes) is 2. The summed E-state index contributed by atoms with van der Waals surface area (Å²) in [4.78, 5) is 0. The summed E-state index contributed by atoms with van der Waals surface area (Å²) in [5.74, 6) is 0. The van der Waals surface area contributed by atoms with Crippen molar-refractivity contribution in [1.29, 1.82) is 0 Å². The monoisotopic (exact) mass is 390 g/mol. The van der Waals surface area contributed by atoms with E-state index in [2.05, 4.69) is 47.8 Å². The maximum absolute atomic E-state index is 3.03. The second-order valence-corrected chi connectivity index (χ2v) is 18.9. The third kappa shape index (κ3) is 4.36. The van der Waals surface area contributed by atoms with Crippen LogP contribution in [-0.2, 0) is 0 Å². The van der Waals surface area contributed by atoms with Gasteiger partial charge in [-0.05, 0) is 0 Å². The molecule has 0 aromatic heterocycles. The molecule has 120 valence electrons. The van der Waals surface area contributed by atoms with Crippen LogP contribution in [0.15, 0.2) is 0 Å². The van der Waals surface area contributed by atoms with Gasteiger partial charge in [0, 0.05) is 0 Å². The molecule has 1 fully saturated rings. The average Bonchev–Trinajstić information content (AvgIpc) is 2.42. The van der Waals surface area contributed by atoms with E-state index in [1.807, 2.05) is 0 Å². The SMILES string of the molecule is CCC[CH2][Sn]1([CH2]CCC)[N](C(C)C)CCC[N]1C(C)C. The number of rotatable bonds is 8. The molecule has 1 saturated heterocycles. The predicted octanol–water partition coefficient (Wildman–Crippen LogP) is 4.85. The molecular formula is C17H38N2Sn. The van der Waals surface area contributed by atoms with Crippen LogP contribution in [0.2, 0.25) is 8.87 Å². The molecule has 0 aromatic rings. The van der Waals surface area contributed by atoms with E-state index >= 15 is 0 Å². The van der Waals surface area contributed by atoms with E-state index in [4.69, 9.17) is 0 Å². The average molecular weight is 389 g/mol. The van der Waals surface area contributed by atoms with E-state index in [0.29, 0.717) is 0 Å². The summed E-state index contributed by atoms with van der Waals surface area (Å²) in [6.07, 6.45) is 7.01. The summed E-state index contributed by atoms with van der Waals surface area (Å²) in [6, 6.07) is 1.50. The van der Waals surface area contributed by atoms with Gasteiger partial charge in [0.25, 0.3) is 0 Å². The van der Waals surface area contributed by atoms with Crippen molar-refractivity contribution in [2.45, 2.75) is 94.6 Å². The molecule has 0 aliphatic carbocycles. The molecule has 0 saturated carbocycles. The maximum atomic E-state index is 3.03. The third-order valence-electron chi connectivity index (χ3n) is 4.98. The molecule has 1 rings (SSSR count). The molecule has 0 radical (unpaired) electrons. The van der Waals surface area contributed by atoms with Crippen LogP contribution in [0.4, 0.5) is 0 Å². The van der Waals surface area contributed by atoms with Gasteiger partial charge in [-0.15, -0.1) is 0 Å². The fraction of sp³-hybridized carbons (Fsp3) is 1.00. The minimum atomic E-state index is -2.35. The van der Waals surface area contributed by atoms with Crippen LogP contribution in [0.5, 0.6) is 0 Å². The summed E-state index contributed by atoms with van der Waals surface area (Å²) in [5.41, 5.74) is 0. The molecule has 3 heteroatoms. The Kier molecular flexibility index (Phi) is 8.44. The molecule has 2 nitrogen and oxygen atoms in total. The van der Waals surface area contributed by atoms with E-state index in [0.717, 1.165) is 12.1 Å². The molecule has 20 heavy (non-hydrogen) atoms. The zero-order valence-corrected chi connectivity index (χ0v) is 17.8. The second-order valence-electron chi connectivity index (χ2n) is 7.12. The van der Waals surface area contributed by atoms with E-state index in [-0.39, 0.29) is 0 Å². The fourth-order valence-electron chi connectivity index (χ4n) is 4.09. The van der Waals surface area contributed by atoms with Crippen LogP contribution in [0.25, 0.3) is 0 Å². The van der Waals surface area contributed by atoms with E-state index < -0.39 is 18.9 Å². The Bertz CT molecular complexity index is 240. The van der Waals surface area contributed by atoms with Crippen LogP contribution in [0.3, 0.4) is 0 Å². The Balaban J connectivity index is 3.07. The molecule has 0 atom stereocenters. The normalized spacial score (nSPS) is 21.0. The first-order valence-corrected chi connectivity index (χ1v) is 15.6. The van der Waals surface area contributed by atoms with Crippen molar-refractivity contribution >= 4 is 18.9 Å². The minimum absolute atomic E-state index is 0.751. The summed E-state index contributed by atoms with van der Waals surface area (Å²) in [6.45, 7) is 17.2. The first kappa shape index (κ1) is 18.8. The van der Waals surface area contributed by atoms with Crippen molar-refractivity contribution in [2.75, 3.05) is 13.1 Å². The number of hydrogen-bond acceptors (Lipinski definition) is 2. The molecule has 0 aromatic carbocycles. The Morgan fingerprint density at radius 1 is 0.800 bits per heavy atom. The van der Waals surface area contributed by atoms with Gasteiger partial charge in [0.05, 0.1) is 0 Å². The van der Waals surface area contributed by atoms with E-state index in [9.17, 15) is 0 Å². The van der Waals surface area contributed by atoms with Gasteiger partial charge in [-0.3, -0.25) is 0 Å². The van der Waals surface area contributed by atoms with Crippen LogP contribution in [-0.4, -0.2) is 50.3 Å². The standard InChI is InChI=1S/C9H20N2.2C4H9.Sn/c1-8(2)10-6-5-7-11-9(3)4;2*1-3-4-2;/h8-9H,5-7H2,1-4H3;2*1,3-4H2,2H3;/q-2;;;+2. The van der Waals surface area contributed by atoms with Crippen molar-refractivity contribution in [2.24, 2.45) is 0 Å². The van der Waals surface area contributed by atoms with E-state index in [1.54, 1.807) is 8.87 Å². The summed E-state index contributed by atoms with van der Waals surface area (Å²) < 4.78 is 9.18. The van der Waals surface area contributed by atoms with Crippen LogP contribution in [0.1, 0.15) is 73.6 Å². The van der Waals surface area contributed by atoms with Gasteiger partial charge in [0.15, 0.2) is 0 Å². The molecule has 1 aliphatic rings. The topological polar surface area (TPSA) is 6.48 Å². The van der Waals surface area contributed by atoms with Gasteiger partial charge in [-0.25, -0.2) is 0 Å². The molecule has 1 heterocycles. The molecular weight excluding hydrogens is 351 g/mol. The van der Waals surface area contributed by atoms with Crippen LogP contribution in [0, 0.1) is 0 Å². The summed E-state index contributed by atoms with van der Waals surface area (Å²) in [5, 5.41) is 0. The fourth-order valence-corrected chi connectivity index (χ4v) is 23.0. The van der Waals surface area contributed by atoms with Crippen LogP contribution < -0.4 is 0 Å². The van der Waals surface area contributed by atoms with Gasteiger partial charge < -0.3 is 0 Å². The van der Waals surface area contributed by atoms with Crippen molar-refractivity contribution < 1.29 is 0 Å². The quantitative estimate of drug-likeness (QED) is 0.548. The first-order chi connectivity index (χ1) is 9.49. The zero-order valence-electron chi connectivity index (χ0n) is 14.9.